The predicted molar refractivity (Wildman–Crippen MR) is 37.2 cm³/mol. The van der Waals surface area contributed by atoms with E-state index in [4.69, 9.17) is 0 Å². The molecule has 1 aromatic heterocycles. The van der Waals surface area contributed by atoms with E-state index < -0.39 is 0 Å². The number of nitrogens with one attached hydrogen (secondary N) is 1. The molecule has 1 radical (unpaired) electrons. The van der Waals surface area contributed by atoms with Crippen molar-refractivity contribution in [2.75, 3.05) is 0 Å². The summed E-state index contributed by atoms with van der Waals surface area (Å²) in [6, 6.07) is 0. The summed E-state index contributed by atoms with van der Waals surface area (Å²) < 4.78 is 0. The van der Waals surface area contributed by atoms with Crippen LogP contribution in [0.4, 0.5) is 0 Å². The molecule has 10 heavy (non-hydrogen) atoms. The van der Waals surface area contributed by atoms with E-state index in [1.807, 2.05) is 6.20 Å². The van der Waals surface area contributed by atoms with Crippen LogP contribution in [0.1, 0.15) is 25.6 Å². The second kappa shape index (κ2) is 5.64. The van der Waals surface area contributed by atoms with Gasteiger partial charge >= 0.3 is 0 Å². The Hall–Kier alpha value is -0.128. The van der Waals surface area contributed by atoms with Crippen LogP contribution in [0, 0.1) is 0 Å². The topological polar surface area (TPSA) is 28.7 Å². The summed E-state index contributed by atoms with van der Waals surface area (Å²) >= 11 is 0. The van der Waals surface area contributed by atoms with Gasteiger partial charge in [-0.15, -0.1) is 0 Å². The molecule has 1 heterocycles. The molecule has 0 bridgehead atoms. The zero-order chi connectivity index (χ0) is 6.53. The third-order valence-corrected chi connectivity index (χ3v) is 1.32. The van der Waals surface area contributed by atoms with E-state index in [0.717, 1.165) is 12.2 Å². The molecule has 57 valence electrons. The first-order valence-electron chi connectivity index (χ1n) is 3.41. The molecule has 0 aromatic carbocycles. The largest absolute Gasteiger partial charge is 0.349 e. The number of H-pyrrole nitrogens is 1. The van der Waals surface area contributed by atoms with Crippen molar-refractivity contribution in [3.8, 4) is 0 Å². The first-order chi connectivity index (χ1) is 4.43. The second-order valence-electron chi connectivity index (χ2n) is 2.14. The van der Waals surface area contributed by atoms with Gasteiger partial charge < -0.3 is 4.98 Å². The Bertz CT molecular complexity index is 149. The Morgan fingerprint density at radius 2 is 2.40 bits per heavy atom. The van der Waals surface area contributed by atoms with Gasteiger partial charge in [0.15, 0.2) is 0 Å². The van der Waals surface area contributed by atoms with Gasteiger partial charge in [-0.2, -0.15) is 0 Å². The Balaban J connectivity index is 0.000000810. The van der Waals surface area contributed by atoms with Crippen molar-refractivity contribution in [2.45, 2.75) is 26.2 Å². The van der Waals surface area contributed by atoms with Gasteiger partial charge in [0, 0.05) is 39.2 Å². The third kappa shape index (κ3) is 3.15. The average molecular weight is 310 g/mol. The van der Waals surface area contributed by atoms with E-state index in [9.17, 15) is 0 Å². The molecule has 1 N–H and O–H groups in total. The zero-order valence-electron chi connectivity index (χ0n) is 6.10. The number of nitrogens with zero attached hydrogens (tertiary/aromatic N) is 1. The van der Waals surface area contributed by atoms with Crippen LogP contribution in [0.2, 0.25) is 0 Å². The summed E-state index contributed by atoms with van der Waals surface area (Å²) in [5, 5.41) is 0. The Kier molecular flexibility index (Phi) is 5.57. The maximum Gasteiger partial charge on any atom is 0.105 e. The van der Waals surface area contributed by atoms with E-state index in [0.29, 0.717) is 0 Å². The number of aryl methyl sites for hydroxylation is 1. The molecule has 0 aliphatic rings. The molecular formula is C7H12N2Re. The van der Waals surface area contributed by atoms with Crippen LogP contribution >= 0.6 is 0 Å². The average Bonchev–Trinajstić information content (AvgIpc) is 2.34. The smallest absolute Gasteiger partial charge is 0.105 e. The van der Waals surface area contributed by atoms with Crippen LogP contribution in [0.5, 0.6) is 0 Å². The van der Waals surface area contributed by atoms with Crippen molar-refractivity contribution in [1.82, 2.24) is 9.97 Å². The molecule has 0 saturated carbocycles. The minimum atomic E-state index is 0. The van der Waals surface area contributed by atoms with Gasteiger partial charge in [0.2, 0.25) is 0 Å². The van der Waals surface area contributed by atoms with E-state index in [1.54, 1.807) is 6.20 Å². The molecule has 0 aliphatic heterocycles. The summed E-state index contributed by atoms with van der Waals surface area (Å²) in [7, 11) is 0. The first kappa shape index (κ1) is 9.87. The molecule has 1 rings (SSSR count). The minimum Gasteiger partial charge on any atom is -0.349 e. The van der Waals surface area contributed by atoms with Gasteiger partial charge in [-0.05, 0) is 6.42 Å². The van der Waals surface area contributed by atoms with E-state index in [1.165, 1.54) is 12.8 Å². The van der Waals surface area contributed by atoms with Crippen molar-refractivity contribution < 1.29 is 20.4 Å². The summed E-state index contributed by atoms with van der Waals surface area (Å²) in [5.41, 5.74) is 0. The van der Waals surface area contributed by atoms with Crippen molar-refractivity contribution >= 4 is 0 Å². The summed E-state index contributed by atoms with van der Waals surface area (Å²) in [6.07, 6.45) is 7.22. The van der Waals surface area contributed by atoms with Crippen molar-refractivity contribution in [3.05, 3.63) is 18.2 Å². The van der Waals surface area contributed by atoms with Crippen LogP contribution < -0.4 is 0 Å². The summed E-state index contributed by atoms with van der Waals surface area (Å²) in [6.45, 7) is 2.18. The number of aromatic amines is 1. The number of rotatable bonds is 3. The van der Waals surface area contributed by atoms with Gasteiger partial charge in [-0.25, -0.2) is 4.98 Å². The SMILES string of the molecule is CCCCc1ncc[nH]1.[Re]. The number of hydrogen-bond acceptors (Lipinski definition) is 1. The third-order valence-electron chi connectivity index (χ3n) is 1.32. The fourth-order valence-electron chi connectivity index (χ4n) is 0.779. The van der Waals surface area contributed by atoms with Gasteiger partial charge in [0.1, 0.15) is 5.82 Å². The molecule has 0 fully saturated rings. The van der Waals surface area contributed by atoms with E-state index >= 15 is 0 Å². The number of hydrogen-bond donors (Lipinski definition) is 1. The minimum absolute atomic E-state index is 0. The fraction of sp³-hybridized carbons (Fsp3) is 0.571. The second-order valence-corrected chi connectivity index (χ2v) is 2.14. The molecular weight excluding hydrogens is 298 g/mol. The van der Waals surface area contributed by atoms with Crippen LogP contribution in [0.3, 0.4) is 0 Å². The summed E-state index contributed by atoms with van der Waals surface area (Å²) in [4.78, 5) is 7.16. The zero-order valence-corrected chi connectivity index (χ0v) is 8.82. The van der Waals surface area contributed by atoms with Crippen LogP contribution in [-0.2, 0) is 26.8 Å². The fourth-order valence-corrected chi connectivity index (χ4v) is 0.779. The van der Waals surface area contributed by atoms with Crippen molar-refractivity contribution in [2.24, 2.45) is 0 Å². The summed E-state index contributed by atoms with van der Waals surface area (Å²) in [5.74, 6) is 1.11. The van der Waals surface area contributed by atoms with Crippen LogP contribution in [-0.4, -0.2) is 9.97 Å². The molecule has 0 amide bonds. The Morgan fingerprint density at radius 1 is 1.60 bits per heavy atom. The maximum absolute atomic E-state index is 4.10. The van der Waals surface area contributed by atoms with Crippen molar-refractivity contribution in [1.29, 1.82) is 0 Å². The monoisotopic (exact) mass is 311 g/mol. The number of aromatic nitrogens is 2. The number of imidazole rings is 1. The number of unbranched alkanes of at least 4 members (excludes halogenated alkanes) is 1. The van der Waals surface area contributed by atoms with Gasteiger partial charge in [-0.1, -0.05) is 13.3 Å². The maximum atomic E-state index is 4.10. The molecule has 1 aromatic rings. The van der Waals surface area contributed by atoms with E-state index in [2.05, 4.69) is 16.9 Å². The molecule has 0 unspecified atom stereocenters. The standard InChI is InChI=1S/C7H12N2.Re/c1-2-3-4-7-8-5-6-9-7;/h5-6H,2-4H2,1H3,(H,8,9);. The molecule has 0 saturated heterocycles. The van der Waals surface area contributed by atoms with E-state index in [-0.39, 0.29) is 20.4 Å². The van der Waals surface area contributed by atoms with Crippen molar-refractivity contribution in [3.63, 3.8) is 0 Å². The molecule has 3 heteroatoms. The normalized spacial score (nSPS) is 8.90. The molecule has 0 spiro atoms. The van der Waals surface area contributed by atoms with Crippen LogP contribution in [0.15, 0.2) is 12.4 Å². The predicted octanol–water partition coefficient (Wildman–Crippen LogP) is 1.75. The Labute approximate surface area is 75.1 Å². The molecule has 2 nitrogen and oxygen atoms in total. The van der Waals surface area contributed by atoms with Crippen LogP contribution in [0.25, 0.3) is 0 Å². The molecule has 0 aliphatic carbocycles. The molecule has 0 atom stereocenters. The van der Waals surface area contributed by atoms with Gasteiger partial charge in [0.25, 0.3) is 0 Å². The first-order valence-corrected chi connectivity index (χ1v) is 3.41. The quantitative estimate of drug-likeness (QED) is 0.905. The van der Waals surface area contributed by atoms with Gasteiger partial charge in [-0.3, -0.25) is 0 Å². The van der Waals surface area contributed by atoms with Gasteiger partial charge in [0.05, 0.1) is 0 Å². The Morgan fingerprint density at radius 3 is 2.90 bits per heavy atom.